The first kappa shape index (κ1) is 18.1. The van der Waals surface area contributed by atoms with Crippen molar-refractivity contribution in [1.29, 1.82) is 5.26 Å². The van der Waals surface area contributed by atoms with Crippen LogP contribution in [0.2, 0.25) is 0 Å². The Labute approximate surface area is 144 Å². The molecule has 0 bridgehead atoms. The van der Waals surface area contributed by atoms with Crippen molar-refractivity contribution in [3.63, 3.8) is 0 Å². The maximum absolute atomic E-state index is 13.3. The second-order valence-electron chi connectivity index (χ2n) is 4.89. The predicted octanol–water partition coefficient (Wildman–Crippen LogP) is 3.12. The zero-order valence-corrected chi connectivity index (χ0v) is 13.8. The summed E-state index contributed by atoms with van der Waals surface area (Å²) in [6.45, 7) is 1.81. The number of nitriles is 1. The highest BCUT2D eigenvalue weighted by Gasteiger charge is 2.12. The first-order valence-corrected chi connectivity index (χ1v) is 7.50. The first-order chi connectivity index (χ1) is 12.1. The van der Waals surface area contributed by atoms with Crippen LogP contribution in [0.3, 0.4) is 0 Å². The third kappa shape index (κ3) is 4.85. The molecule has 0 spiro atoms. The number of hydrogen-bond donors (Lipinski definition) is 1. The topological polar surface area (TPSA) is 80.6 Å². The van der Waals surface area contributed by atoms with E-state index in [0.29, 0.717) is 29.4 Å². The van der Waals surface area contributed by atoms with Crippen molar-refractivity contribution in [1.82, 2.24) is 0 Å². The number of carbonyl (C=O) groups excluding carboxylic acids is 1. The van der Waals surface area contributed by atoms with Gasteiger partial charge in [0.05, 0.1) is 31.0 Å². The van der Waals surface area contributed by atoms with Crippen molar-refractivity contribution in [3.8, 4) is 23.3 Å². The lowest BCUT2D eigenvalue weighted by atomic mass is 10.2. The van der Waals surface area contributed by atoms with E-state index < -0.39 is 11.7 Å². The molecule has 2 aromatic rings. The van der Waals surface area contributed by atoms with Gasteiger partial charge in [0.2, 0.25) is 0 Å². The van der Waals surface area contributed by atoms with Crippen molar-refractivity contribution in [3.05, 3.63) is 47.8 Å². The van der Waals surface area contributed by atoms with Crippen molar-refractivity contribution in [2.75, 3.05) is 25.6 Å². The minimum absolute atomic E-state index is 0.242. The molecule has 130 valence electrons. The highest BCUT2D eigenvalue weighted by Crippen LogP contribution is 2.28. The standard InChI is InChI=1S/C18H17FN2O4/c1-3-24-16-9-13(19)5-6-14(16)21-18(22)11-25-15-7-4-12(10-20)8-17(15)23-2/h4-9H,3,11H2,1-2H3,(H,21,22). The monoisotopic (exact) mass is 344 g/mol. The average Bonchev–Trinajstić information content (AvgIpc) is 2.62. The molecule has 0 radical (unpaired) electrons. The summed E-state index contributed by atoms with van der Waals surface area (Å²) >= 11 is 0. The average molecular weight is 344 g/mol. The van der Waals surface area contributed by atoms with Crippen LogP contribution in [0.5, 0.6) is 17.2 Å². The Morgan fingerprint density at radius 2 is 1.96 bits per heavy atom. The van der Waals surface area contributed by atoms with Crippen LogP contribution < -0.4 is 19.5 Å². The van der Waals surface area contributed by atoms with Gasteiger partial charge in [-0.05, 0) is 31.2 Å². The van der Waals surface area contributed by atoms with E-state index in [1.807, 2.05) is 6.07 Å². The zero-order chi connectivity index (χ0) is 18.2. The molecule has 1 N–H and O–H groups in total. The van der Waals surface area contributed by atoms with Crippen molar-refractivity contribution >= 4 is 11.6 Å². The molecule has 0 heterocycles. The fourth-order valence-electron chi connectivity index (χ4n) is 2.06. The Balaban J connectivity index is 2.03. The van der Waals surface area contributed by atoms with E-state index in [1.165, 1.54) is 31.4 Å². The Morgan fingerprint density at radius 1 is 1.16 bits per heavy atom. The highest BCUT2D eigenvalue weighted by molar-refractivity contribution is 5.93. The maximum Gasteiger partial charge on any atom is 0.262 e. The van der Waals surface area contributed by atoms with Gasteiger partial charge in [-0.2, -0.15) is 5.26 Å². The largest absolute Gasteiger partial charge is 0.493 e. The quantitative estimate of drug-likeness (QED) is 0.835. The highest BCUT2D eigenvalue weighted by atomic mass is 19.1. The van der Waals surface area contributed by atoms with Crippen LogP contribution in [0.4, 0.5) is 10.1 Å². The van der Waals surface area contributed by atoms with Gasteiger partial charge in [0, 0.05) is 12.1 Å². The van der Waals surface area contributed by atoms with E-state index in [0.717, 1.165) is 0 Å². The number of methoxy groups -OCH3 is 1. The molecule has 0 aliphatic rings. The van der Waals surface area contributed by atoms with Gasteiger partial charge in [-0.3, -0.25) is 4.79 Å². The molecule has 0 saturated heterocycles. The maximum atomic E-state index is 13.3. The number of hydrogen-bond acceptors (Lipinski definition) is 5. The summed E-state index contributed by atoms with van der Waals surface area (Å²) in [5.74, 6) is 0.0234. The SMILES string of the molecule is CCOc1cc(F)ccc1NC(=O)COc1ccc(C#N)cc1OC. The normalized spacial score (nSPS) is 9.84. The van der Waals surface area contributed by atoms with Crippen LogP contribution in [0.15, 0.2) is 36.4 Å². The summed E-state index contributed by atoms with van der Waals surface area (Å²) < 4.78 is 29.1. The van der Waals surface area contributed by atoms with Gasteiger partial charge >= 0.3 is 0 Å². The summed E-state index contributed by atoms with van der Waals surface area (Å²) in [5.41, 5.74) is 0.768. The molecular formula is C18H17FN2O4. The minimum Gasteiger partial charge on any atom is -0.493 e. The number of nitrogens with one attached hydrogen (secondary N) is 1. The lowest BCUT2D eigenvalue weighted by Crippen LogP contribution is -2.20. The number of anilines is 1. The van der Waals surface area contributed by atoms with Crippen LogP contribution in [0.1, 0.15) is 12.5 Å². The summed E-state index contributed by atoms with van der Waals surface area (Å²) in [6, 6.07) is 10.5. The smallest absolute Gasteiger partial charge is 0.262 e. The molecule has 7 heteroatoms. The summed E-state index contributed by atoms with van der Waals surface area (Å²) in [5, 5.41) is 11.5. The van der Waals surface area contributed by atoms with Crippen LogP contribution in [0, 0.1) is 17.1 Å². The number of nitrogens with zero attached hydrogens (tertiary/aromatic N) is 1. The van der Waals surface area contributed by atoms with E-state index in [4.69, 9.17) is 19.5 Å². The molecular weight excluding hydrogens is 327 g/mol. The van der Waals surface area contributed by atoms with Gasteiger partial charge in [-0.15, -0.1) is 0 Å². The molecule has 0 unspecified atom stereocenters. The first-order valence-electron chi connectivity index (χ1n) is 7.50. The lowest BCUT2D eigenvalue weighted by molar-refractivity contribution is -0.118. The molecule has 0 aliphatic carbocycles. The fraction of sp³-hybridized carbons (Fsp3) is 0.222. The molecule has 0 fully saturated rings. The molecule has 0 atom stereocenters. The second-order valence-corrected chi connectivity index (χ2v) is 4.89. The van der Waals surface area contributed by atoms with Gasteiger partial charge in [-0.1, -0.05) is 0 Å². The number of amides is 1. The van der Waals surface area contributed by atoms with E-state index in [1.54, 1.807) is 19.1 Å². The number of benzene rings is 2. The van der Waals surface area contributed by atoms with Gasteiger partial charge in [0.25, 0.3) is 5.91 Å². The van der Waals surface area contributed by atoms with Gasteiger partial charge in [0.1, 0.15) is 11.6 Å². The lowest BCUT2D eigenvalue weighted by Gasteiger charge is -2.13. The molecule has 2 rings (SSSR count). The predicted molar refractivity (Wildman–Crippen MR) is 89.4 cm³/mol. The summed E-state index contributed by atoms with van der Waals surface area (Å²) in [6.07, 6.45) is 0. The van der Waals surface area contributed by atoms with Crippen LogP contribution in [-0.2, 0) is 4.79 Å². The van der Waals surface area contributed by atoms with Crippen molar-refractivity contribution < 1.29 is 23.4 Å². The molecule has 0 saturated carbocycles. The van der Waals surface area contributed by atoms with Crippen molar-refractivity contribution in [2.45, 2.75) is 6.92 Å². The van der Waals surface area contributed by atoms with Crippen LogP contribution >= 0.6 is 0 Å². The Kier molecular flexibility index (Phi) is 6.18. The number of rotatable bonds is 7. The van der Waals surface area contributed by atoms with Gasteiger partial charge < -0.3 is 19.5 Å². The number of ether oxygens (including phenoxy) is 3. The van der Waals surface area contributed by atoms with Crippen LogP contribution in [-0.4, -0.2) is 26.2 Å². The van der Waals surface area contributed by atoms with Crippen LogP contribution in [0.25, 0.3) is 0 Å². The molecule has 0 aliphatic heterocycles. The van der Waals surface area contributed by atoms with Gasteiger partial charge in [0.15, 0.2) is 18.1 Å². The second kappa shape index (κ2) is 8.55. The fourth-order valence-corrected chi connectivity index (χ4v) is 2.06. The zero-order valence-electron chi connectivity index (χ0n) is 13.8. The van der Waals surface area contributed by atoms with E-state index in [-0.39, 0.29) is 12.4 Å². The van der Waals surface area contributed by atoms with E-state index in [2.05, 4.69) is 5.32 Å². The number of carbonyl (C=O) groups is 1. The molecule has 1 amide bonds. The molecule has 2 aromatic carbocycles. The summed E-state index contributed by atoms with van der Waals surface area (Å²) in [4.78, 5) is 12.1. The Morgan fingerprint density at radius 3 is 2.64 bits per heavy atom. The molecule has 25 heavy (non-hydrogen) atoms. The molecule has 6 nitrogen and oxygen atoms in total. The third-order valence-electron chi connectivity index (χ3n) is 3.17. The summed E-state index contributed by atoms with van der Waals surface area (Å²) in [7, 11) is 1.44. The number of halogens is 1. The van der Waals surface area contributed by atoms with E-state index >= 15 is 0 Å². The van der Waals surface area contributed by atoms with E-state index in [9.17, 15) is 9.18 Å². The van der Waals surface area contributed by atoms with Gasteiger partial charge in [-0.25, -0.2) is 4.39 Å². The Bertz CT molecular complexity index is 802. The third-order valence-corrected chi connectivity index (χ3v) is 3.17. The molecule has 0 aromatic heterocycles. The Hall–Kier alpha value is -3.27. The van der Waals surface area contributed by atoms with Crippen molar-refractivity contribution in [2.24, 2.45) is 0 Å². The minimum atomic E-state index is -0.458.